The van der Waals surface area contributed by atoms with Crippen molar-refractivity contribution in [1.82, 2.24) is 14.5 Å². The molecule has 0 radical (unpaired) electrons. The molecule has 9 heteroatoms. The van der Waals surface area contributed by atoms with Crippen molar-refractivity contribution in [2.45, 2.75) is 36.9 Å². The summed E-state index contributed by atoms with van der Waals surface area (Å²) < 4.78 is 7.08. The molecule has 4 atom stereocenters. The van der Waals surface area contributed by atoms with E-state index in [2.05, 4.69) is 4.98 Å². The number of fused-ring (bicyclic) bond motifs is 4. The minimum atomic E-state index is -1.75. The summed E-state index contributed by atoms with van der Waals surface area (Å²) in [6, 6.07) is 11.9. The summed E-state index contributed by atoms with van der Waals surface area (Å²) in [6.07, 6.45) is 1.18. The van der Waals surface area contributed by atoms with Crippen molar-refractivity contribution in [3.63, 3.8) is 0 Å². The summed E-state index contributed by atoms with van der Waals surface area (Å²) in [7, 11) is 1.37. The Bertz CT molecular complexity index is 1390. The van der Waals surface area contributed by atoms with Crippen LogP contribution in [0.3, 0.4) is 0 Å². The van der Waals surface area contributed by atoms with Gasteiger partial charge >= 0.3 is 0 Å². The standard InChI is InChI=1S/C23H20N4O5/c1-13-19(28)27-17-10-6-4-8-15(17)22(31)11-18(21(30)26(13)23(22,27)32-2)25-12-24-16-9-5-3-7-14(16)20(25)29/h3-10,12-13,18,31H,11H2,1-2H3/t13-,18+,22-,23+/m0/s1. The van der Waals surface area contributed by atoms with E-state index in [1.54, 1.807) is 55.5 Å². The first kappa shape index (κ1) is 19.1. The van der Waals surface area contributed by atoms with Gasteiger partial charge in [-0.1, -0.05) is 30.3 Å². The van der Waals surface area contributed by atoms with Crippen LogP contribution in [0, 0.1) is 0 Å². The van der Waals surface area contributed by atoms with E-state index in [1.807, 2.05) is 0 Å². The number of benzene rings is 2. The van der Waals surface area contributed by atoms with Crippen LogP contribution in [0.4, 0.5) is 5.69 Å². The lowest BCUT2D eigenvalue weighted by Crippen LogP contribution is -2.71. The van der Waals surface area contributed by atoms with E-state index >= 15 is 0 Å². The molecule has 0 aliphatic carbocycles. The molecule has 0 spiro atoms. The zero-order valence-corrected chi connectivity index (χ0v) is 17.4. The Morgan fingerprint density at radius 2 is 1.78 bits per heavy atom. The molecule has 1 N–H and O–H groups in total. The number of methoxy groups -OCH3 is 1. The van der Waals surface area contributed by atoms with Gasteiger partial charge in [0.05, 0.1) is 22.9 Å². The number of hydrogen-bond donors (Lipinski definition) is 1. The van der Waals surface area contributed by atoms with Crippen molar-refractivity contribution in [2.24, 2.45) is 0 Å². The summed E-state index contributed by atoms with van der Waals surface area (Å²) in [5, 5.41) is 12.5. The number of nitrogens with zero attached hydrogens (tertiary/aromatic N) is 4. The molecule has 0 bridgehead atoms. The largest absolute Gasteiger partial charge is 0.378 e. The zero-order valence-electron chi connectivity index (χ0n) is 17.4. The van der Waals surface area contributed by atoms with E-state index in [4.69, 9.17) is 4.74 Å². The fraction of sp³-hybridized carbons (Fsp3) is 0.304. The summed E-state index contributed by atoms with van der Waals surface area (Å²) >= 11 is 0. The predicted molar refractivity (Wildman–Crippen MR) is 114 cm³/mol. The highest BCUT2D eigenvalue weighted by Gasteiger charge is 2.77. The number of amides is 2. The lowest BCUT2D eigenvalue weighted by Gasteiger charge is -2.52. The maximum absolute atomic E-state index is 13.8. The van der Waals surface area contributed by atoms with Gasteiger partial charge in [-0.25, -0.2) is 4.98 Å². The monoisotopic (exact) mass is 432 g/mol. The first-order valence-electron chi connectivity index (χ1n) is 10.4. The average Bonchev–Trinajstić information content (AvgIpc) is 3.18. The van der Waals surface area contributed by atoms with E-state index in [-0.39, 0.29) is 17.9 Å². The maximum Gasteiger partial charge on any atom is 0.265 e. The molecule has 3 aromatic rings. The Balaban J connectivity index is 1.62. The Hall–Kier alpha value is -3.56. The molecular formula is C23H20N4O5. The third-order valence-electron chi connectivity index (χ3n) is 7.05. The summed E-state index contributed by atoms with van der Waals surface area (Å²) in [4.78, 5) is 47.4. The van der Waals surface area contributed by atoms with Crippen LogP contribution in [0.2, 0.25) is 0 Å². The van der Waals surface area contributed by atoms with E-state index in [0.717, 1.165) is 0 Å². The van der Waals surface area contributed by atoms with Crippen molar-refractivity contribution < 1.29 is 19.4 Å². The molecule has 2 aromatic carbocycles. The first-order chi connectivity index (χ1) is 15.4. The van der Waals surface area contributed by atoms with E-state index in [1.165, 1.54) is 27.8 Å². The van der Waals surface area contributed by atoms with Crippen LogP contribution in [0.15, 0.2) is 59.7 Å². The van der Waals surface area contributed by atoms with Gasteiger partial charge in [-0.05, 0) is 25.1 Å². The second-order valence-corrected chi connectivity index (χ2v) is 8.44. The maximum atomic E-state index is 13.8. The van der Waals surface area contributed by atoms with Gasteiger partial charge in [0.15, 0.2) is 5.60 Å². The van der Waals surface area contributed by atoms with Gasteiger partial charge in [0.2, 0.25) is 5.91 Å². The minimum absolute atomic E-state index is 0.149. The molecule has 2 amide bonds. The van der Waals surface area contributed by atoms with Crippen LogP contribution in [0.5, 0.6) is 0 Å². The van der Waals surface area contributed by atoms with Crippen molar-refractivity contribution in [3.05, 3.63) is 70.8 Å². The molecule has 32 heavy (non-hydrogen) atoms. The number of para-hydroxylation sites is 2. The van der Waals surface area contributed by atoms with Gasteiger partial charge < -0.3 is 9.84 Å². The average molecular weight is 432 g/mol. The second-order valence-electron chi connectivity index (χ2n) is 8.44. The highest BCUT2D eigenvalue weighted by molar-refractivity contribution is 6.07. The molecular weight excluding hydrogens is 412 g/mol. The third kappa shape index (κ3) is 1.92. The van der Waals surface area contributed by atoms with Gasteiger partial charge in [0.25, 0.3) is 17.3 Å². The van der Waals surface area contributed by atoms with E-state index in [0.29, 0.717) is 22.2 Å². The fourth-order valence-corrected chi connectivity index (χ4v) is 5.67. The summed E-state index contributed by atoms with van der Waals surface area (Å²) in [5.74, 6) is -2.55. The minimum Gasteiger partial charge on any atom is -0.378 e. The van der Waals surface area contributed by atoms with Gasteiger partial charge in [0.1, 0.15) is 12.1 Å². The number of carbonyl (C=O) groups excluding carboxylic acids is 2. The number of ether oxygens (including phenoxy) is 1. The van der Waals surface area contributed by atoms with Gasteiger partial charge in [0, 0.05) is 19.1 Å². The van der Waals surface area contributed by atoms with Crippen LogP contribution in [-0.2, 0) is 19.9 Å². The number of hydrogen-bond acceptors (Lipinski definition) is 6. The van der Waals surface area contributed by atoms with Crippen LogP contribution in [0.25, 0.3) is 10.9 Å². The second kappa shape index (κ2) is 6.02. The Kier molecular flexibility index (Phi) is 3.60. The smallest absolute Gasteiger partial charge is 0.265 e. The third-order valence-corrected chi connectivity index (χ3v) is 7.05. The molecule has 3 aliphatic heterocycles. The van der Waals surface area contributed by atoms with Gasteiger partial charge in [-0.2, -0.15) is 0 Å². The topological polar surface area (TPSA) is 105 Å². The van der Waals surface area contributed by atoms with Crippen molar-refractivity contribution in [2.75, 3.05) is 12.0 Å². The molecule has 6 rings (SSSR count). The van der Waals surface area contributed by atoms with Crippen molar-refractivity contribution in [1.29, 1.82) is 0 Å². The van der Waals surface area contributed by atoms with E-state index < -0.39 is 29.4 Å². The number of aromatic nitrogens is 2. The van der Waals surface area contributed by atoms with Crippen LogP contribution in [0.1, 0.15) is 24.9 Å². The predicted octanol–water partition coefficient (Wildman–Crippen LogP) is 1.11. The normalized spacial score (nSPS) is 30.7. The lowest BCUT2D eigenvalue weighted by molar-refractivity contribution is -0.255. The lowest BCUT2D eigenvalue weighted by atomic mass is 9.80. The molecule has 2 saturated heterocycles. The number of piperidine rings is 1. The quantitative estimate of drug-likeness (QED) is 0.651. The van der Waals surface area contributed by atoms with Crippen LogP contribution in [-0.4, -0.2) is 50.4 Å². The number of anilines is 1. The summed E-state index contributed by atoms with van der Waals surface area (Å²) in [6.45, 7) is 1.60. The molecule has 9 nitrogen and oxygen atoms in total. The zero-order chi connectivity index (χ0) is 22.4. The number of rotatable bonds is 2. The molecule has 0 saturated carbocycles. The molecule has 2 fully saturated rings. The fourth-order valence-electron chi connectivity index (χ4n) is 5.67. The Morgan fingerprint density at radius 1 is 1.06 bits per heavy atom. The number of carbonyl (C=O) groups is 2. The van der Waals surface area contributed by atoms with Gasteiger partial charge in [-0.15, -0.1) is 0 Å². The van der Waals surface area contributed by atoms with Crippen LogP contribution >= 0.6 is 0 Å². The Labute approximate surface area is 182 Å². The molecule has 0 unspecified atom stereocenters. The molecule has 3 aliphatic rings. The van der Waals surface area contributed by atoms with Crippen molar-refractivity contribution in [3.8, 4) is 0 Å². The summed E-state index contributed by atoms with van der Waals surface area (Å²) in [5.41, 5.74) is -0.643. The van der Waals surface area contributed by atoms with E-state index in [9.17, 15) is 19.5 Å². The number of aliphatic hydroxyl groups is 1. The van der Waals surface area contributed by atoms with Gasteiger partial charge in [-0.3, -0.25) is 28.8 Å². The SMILES string of the molecule is CO[C@@]12N3C(=O)[C@H](C)N1C(=O)[C@H](n1cnc4ccccc4c1=O)C[C@]2(O)c1ccccc13. The van der Waals surface area contributed by atoms with Crippen LogP contribution < -0.4 is 10.5 Å². The molecule has 162 valence electrons. The van der Waals surface area contributed by atoms with Crippen molar-refractivity contribution >= 4 is 28.4 Å². The first-order valence-corrected chi connectivity index (χ1v) is 10.4. The molecule has 4 heterocycles. The highest BCUT2D eigenvalue weighted by atomic mass is 16.6. The Morgan fingerprint density at radius 3 is 2.56 bits per heavy atom. The highest BCUT2D eigenvalue weighted by Crippen LogP contribution is 2.61. The molecule has 1 aromatic heterocycles.